The fourth-order valence-electron chi connectivity index (χ4n) is 3.91. The summed E-state index contributed by atoms with van der Waals surface area (Å²) in [5.74, 6) is 0.533. The summed E-state index contributed by atoms with van der Waals surface area (Å²) >= 11 is 3.57. The summed E-state index contributed by atoms with van der Waals surface area (Å²) in [5.41, 5.74) is 0.382. The molecule has 1 aromatic rings. The highest BCUT2D eigenvalue weighted by molar-refractivity contribution is 9.10. The smallest absolute Gasteiger partial charge is 0.108 e. The summed E-state index contributed by atoms with van der Waals surface area (Å²) < 4.78 is 2.91. The summed E-state index contributed by atoms with van der Waals surface area (Å²) in [6.45, 7) is 9.74. The first kappa shape index (κ1) is 15.0. The van der Waals surface area contributed by atoms with Crippen LogP contribution in [0.5, 0.6) is 0 Å². The van der Waals surface area contributed by atoms with Crippen molar-refractivity contribution >= 4 is 15.9 Å². The third kappa shape index (κ3) is 3.05. The van der Waals surface area contributed by atoms with E-state index in [0.29, 0.717) is 5.92 Å². The molecule has 1 fully saturated rings. The Kier molecular flexibility index (Phi) is 4.12. The Morgan fingerprint density at radius 1 is 1.47 bits per heavy atom. The molecule has 1 N–H and O–H groups in total. The fraction of sp³-hybridized carbons (Fsp3) is 0.800. The summed E-state index contributed by atoms with van der Waals surface area (Å²) in [7, 11) is 0. The highest BCUT2D eigenvalue weighted by Gasteiger charge is 2.45. The van der Waals surface area contributed by atoms with Gasteiger partial charge < -0.3 is 5.11 Å². The van der Waals surface area contributed by atoms with Crippen molar-refractivity contribution in [1.82, 2.24) is 9.78 Å². The fourth-order valence-corrected chi connectivity index (χ4v) is 4.58. The van der Waals surface area contributed by atoms with E-state index in [1.807, 2.05) is 10.9 Å². The van der Waals surface area contributed by atoms with Crippen LogP contribution in [-0.4, -0.2) is 14.9 Å². The number of aliphatic hydroxyl groups is 1. The Hall–Kier alpha value is -0.350. The van der Waals surface area contributed by atoms with E-state index in [-0.39, 0.29) is 5.41 Å². The SMILES string of the molecule is CCCn1ncc(Br)c1C1(O)CC(C)CC(C)(C)C1. The third-order valence-electron chi connectivity index (χ3n) is 4.03. The van der Waals surface area contributed by atoms with Crippen LogP contribution in [0.25, 0.3) is 0 Å². The first-order chi connectivity index (χ1) is 8.77. The van der Waals surface area contributed by atoms with Gasteiger partial charge in [-0.25, -0.2) is 0 Å². The first-order valence-corrected chi connectivity index (χ1v) is 8.01. The van der Waals surface area contributed by atoms with E-state index < -0.39 is 5.60 Å². The minimum atomic E-state index is -0.758. The molecule has 1 heterocycles. The van der Waals surface area contributed by atoms with Gasteiger partial charge in [-0.05, 0) is 52.9 Å². The molecule has 0 bridgehead atoms. The summed E-state index contributed by atoms with van der Waals surface area (Å²) in [4.78, 5) is 0. The van der Waals surface area contributed by atoms with Crippen LogP contribution >= 0.6 is 15.9 Å². The maximum atomic E-state index is 11.2. The maximum absolute atomic E-state index is 11.2. The number of aryl methyl sites for hydroxylation is 1. The zero-order chi connectivity index (χ0) is 14.3. The molecule has 1 aliphatic carbocycles. The second kappa shape index (κ2) is 5.21. The monoisotopic (exact) mass is 328 g/mol. The zero-order valence-corrected chi connectivity index (χ0v) is 14.0. The number of nitrogens with zero attached hydrogens (tertiary/aromatic N) is 2. The Morgan fingerprint density at radius 2 is 2.16 bits per heavy atom. The topological polar surface area (TPSA) is 38.0 Å². The standard InChI is InChI=1S/C15H25BrN2O/c1-5-6-18-13(12(16)9-17-18)15(19)8-11(2)7-14(3,4)10-15/h9,11,19H,5-8,10H2,1-4H3. The minimum Gasteiger partial charge on any atom is -0.383 e. The van der Waals surface area contributed by atoms with Crippen LogP contribution in [0.2, 0.25) is 0 Å². The molecule has 2 unspecified atom stereocenters. The second-order valence-electron chi connectivity index (χ2n) is 6.95. The Balaban J connectivity index is 2.41. The van der Waals surface area contributed by atoms with E-state index in [4.69, 9.17) is 0 Å². The van der Waals surface area contributed by atoms with Gasteiger partial charge in [-0.3, -0.25) is 4.68 Å². The predicted octanol–water partition coefficient (Wildman–Crippen LogP) is 4.09. The van der Waals surface area contributed by atoms with Crippen LogP contribution < -0.4 is 0 Å². The minimum absolute atomic E-state index is 0.174. The van der Waals surface area contributed by atoms with Crippen LogP contribution in [0.15, 0.2) is 10.7 Å². The Bertz CT molecular complexity index is 455. The highest BCUT2D eigenvalue weighted by atomic mass is 79.9. The number of aromatic nitrogens is 2. The zero-order valence-electron chi connectivity index (χ0n) is 12.4. The van der Waals surface area contributed by atoms with Gasteiger partial charge >= 0.3 is 0 Å². The van der Waals surface area contributed by atoms with E-state index in [0.717, 1.165) is 36.0 Å². The maximum Gasteiger partial charge on any atom is 0.108 e. The normalized spacial score (nSPS) is 30.5. The van der Waals surface area contributed by atoms with Crippen molar-refractivity contribution < 1.29 is 5.11 Å². The van der Waals surface area contributed by atoms with Gasteiger partial charge in [0, 0.05) is 6.54 Å². The van der Waals surface area contributed by atoms with Gasteiger partial charge in [-0.2, -0.15) is 5.10 Å². The summed E-state index contributed by atoms with van der Waals surface area (Å²) in [5, 5.41) is 15.6. The largest absolute Gasteiger partial charge is 0.383 e. The lowest BCUT2D eigenvalue weighted by molar-refractivity contribution is -0.0700. The molecule has 2 atom stereocenters. The van der Waals surface area contributed by atoms with Crippen molar-refractivity contribution in [3.05, 3.63) is 16.4 Å². The van der Waals surface area contributed by atoms with Crippen molar-refractivity contribution in [2.45, 2.75) is 65.5 Å². The van der Waals surface area contributed by atoms with E-state index in [2.05, 4.69) is 48.7 Å². The quantitative estimate of drug-likeness (QED) is 0.907. The van der Waals surface area contributed by atoms with Gasteiger partial charge in [0.05, 0.1) is 16.4 Å². The average Bonchev–Trinajstić information content (AvgIpc) is 2.57. The van der Waals surface area contributed by atoms with Crippen LogP contribution in [0, 0.1) is 11.3 Å². The van der Waals surface area contributed by atoms with Crippen LogP contribution in [-0.2, 0) is 12.1 Å². The van der Waals surface area contributed by atoms with Gasteiger partial charge in [0.1, 0.15) is 5.60 Å². The van der Waals surface area contributed by atoms with Crippen molar-refractivity contribution in [2.75, 3.05) is 0 Å². The molecule has 1 saturated carbocycles. The molecule has 19 heavy (non-hydrogen) atoms. The predicted molar refractivity (Wildman–Crippen MR) is 80.9 cm³/mol. The van der Waals surface area contributed by atoms with Gasteiger partial charge in [-0.1, -0.05) is 27.7 Å². The Labute approximate surface area is 124 Å². The molecule has 0 radical (unpaired) electrons. The highest BCUT2D eigenvalue weighted by Crippen LogP contribution is 2.49. The van der Waals surface area contributed by atoms with E-state index >= 15 is 0 Å². The van der Waals surface area contributed by atoms with Gasteiger partial charge in [-0.15, -0.1) is 0 Å². The lowest BCUT2D eigenvalue weighted by atomic mass is 9.65. The molecule has 0 aliphatic heterocycles. The first-order valence-electron chi connectivity index (χ1n) is 7.21. The third-order valence-corrected chi connectivity index (χ3v) is 4.61. The van der Waals surface area contributed by atoms with Crippen molar-refractivity contribution in [3.8, 4) is 0 Å². The molecule has 1 aliphatic rings. The number of hydrogen-bond donors (Lipinski definition) is 1. The lowest BCUT2D eigenvalue weighted by Gasteiger charge is -2.44. The van der Waals surface area contributed by atoms with Crippen molar-refractivity contribution in [3.63, 3.8) is 0 Å². The molecule has 2 rings (SSSR count). The van der Waals surface area contributed by atoms with Gasteiger partial charge in [0.15, 0.2) is 0 Å². The average molecular weight is 329 g/mol. The number of halogens is 1. The van der Waals surface area contributed by atoms with Gasteiger partial charge in [0.2, 0.25) is 0 Å². The summed E-state index contributed by atoms with van der Waals surface area (Å²) in [6, 6.07) is 0. The molecule has 0 spiro atoms. The van der Waals surface area contributed by atoms with Crippen molar-refractivity contribution in [1.29, 1.82) is 0 Å². The molecule has 1 aromatic heterocycles. The molecular formula is C15H25BrN2O. The van der Waals surface area contributed by atoms with Crippen LogP contribution in [0.4, 0.5) is 0 Å². The molecule has 0 saturated heterocycles. The van der Waals surface area contributed by atoms with Crippen LogP contribution in [0.1, 0.15) is 59.1 Å². The molecular weight excluding hydrogens is 304 g/mol. The molecule has 3 nitrogen and oxygen atoms in total. The Morgan fingerprint density at radius 3 is 2.74 bits per heavy atom. The number of rotatable bonds is 3. The van der Waals surface area contributed by atoms with E-state index in [1.54, 1.807) is 0 Å². The van der Waals surface area contributed by atoms with E-state index in [1.165, 1.54) is 6.42 Å². The van der Waals surface area contributed by atoms with Crippen LogP contribution in [0.3, 0.4) is 0 Å². The molecule has 0 amide bonds. The molecule has 4 heteroatoms. The number of hydrogen-bond acceptors (Lipinski definition) is 2. The molecule has 108 valence electrons. The summed E-state index contributed by atoms with van der Waals surface area (Å²) in [6.07, 6.45) is 5.64. The van der Waals surface area contributed by atoms with Crippen molar-refractivity contribution in [2.24, 2.45) is 11.3 Å². The van der Waals surface area contributed by atoms with E-state index in [9.17, 15) is 5.11 Å². The second-order valence-corrected chi connectivity index (χ2v) is 7.80. The van der Waals surface area contributed by atoms with Gasteiger partial charge in [0.25, 0.3) is 0 Å². The lowest BCUT2D eigenvalue weighted by Crippen LogP contribution is -2.41. The molecule has 0 aromatic carbocycles.